The van der Waals surface area contributed by atoms with Gasteiger partial charge in [-0.2, -0.15) is 5.01 Å². The number of benzene rings is 2. The molecule has 3 amide bonds. The summed E-state index contributed by atoms with van der Waals surface area (Å²) >= 11 is 18.1. The fourth-order valence-corrected chi connectivity index (χ4v) is 3.73. The summed E-state index contributed by atoms with van der Waals surface area (Å²) in [6.07, 6.45) is 1.69. The van der Waals surface area contributed by atoms with Gasteiger partial charge in [0.2, 0.25) is 0 Å². The number of amides is 3. The molecule has 144 valence electrons. The summed E-state index contributed by atoms with van der Waals surface area (Å²) in [5.74, 6) is 0.292. The van der Waals surface area contributed by atoms with E-state index in [0.29, 0.717) is 26.4 Å². The number of urea groups is 1. The predicted octanol–water partition coefficient (Wildman–Crippen LogP) is 4.94. The van der Waals surface area contributed by atoms with Crippen molar-refractivity contribution < 1.29 is 14.3 Å². The third-order valence-corrected chi connectivity index (χ3v) is 5.64. The smallest absolute Gasteiger partial charge is 0.338 e. The number of carbonyl (C=O) groups excluding carboxylic acids is 2. The van der Waals surface area contributed by atoms with E-state index in [1.54, 1.807) is 37.5 Å². The molecule has 2 aromatic carbocycles. The Morgan fingerprint density at radius 1 is 1.18 bits per heavy atom. The molecule has 0 atom stereocenters. The molecule has 0 spiro atoms. The zero-order valence-electron chi connectivity index (χ0n) is 14.4. The summed E-state index contributed by atoms with van der Waals surface area (Å²) in [6, 6.07) is 11.2. The number of hydrazine groups is 1. The van der Waals surface area contributed by atoms with E-state index in [9.17, 15) is 9.59 Å². The SMILES string of the molecule is COc1ccc(/C=C2\SC(=S)N(NC(=O)Nc3ccc(Cl)c(Cl)c3)C2=O)cc1. The molecule has 3 rings (SSSR count). The first-order valence-electron chi connectivity index (χ1n) is 7.82. The summed E-state index contributed by atoms with van der Waals surface area (Å²) in [4.78, 5) is 25.2. The zero-order valence-corrected chi connectivity index (χ0v) is 17.5. The molecule has 1 saturated heterocycles. The minimum atomic E-state index is -0.639. The van der Waals surface area contributed by atoms with Crippen LogP contribution in [0, 0.1) is 0 Å². The molecule has 0 aromatic heterocycles. The van der Waals surface area contributed by atoms with Crippen LogP contribution in [0.5, 0.6) is 5.75 Å². The van der Waals surface area contributed by atoms with Crippen LogP contribution >= 0.6 is 47.2 Å². The molecule has 0 aliphatic carbocycles. The number of hydrogen-bond acceptors (Lipinski definition) is 5. The van der Waals surface area contributed by atoms with E-state index < -0.39 is 11.9 Å². The molecular weight excluding hydrogens is 441 g/mol. The predicted molar refractivity (Wildman–Crippen MR) is 117 cm³/mol. The van der Waals surface area contributed by atoms with Gasteiger partial charge in [-0.3, -0.25) is 4.79 Å². The van der Waals surface area contributed by atoms with E-state index >= 15 is 0 Å². The van der Waals surface area contributed by atoms with Crippen LogP contribution in [0.1, 0.15) is 5.56 Å². The first-order chi connectivity index (χ1) is 13.4. The number of ether oxygens (including phenoxy) is 1. The highest BCUT2D eigenvalue weighted by molar-refractivity contribution is 8.26. The van der Waals surface area contributed by atoms with Gasteiger partial charge in [0.05, 0.1) is 22.1 Å². The highest BCUT2D eigenvalue weighted by Gasteiger charge is 2.33. The van der Waals surface area contributed by atoms with Crippen molar-refractivity contribution in [1.29, 1.82) is 0 Å². The first-order valence-corrected chi connectivity index (χ1v) is 9.80. The van der Waals surface area contributed by atoms with Gasteiger partial charge in [0.25, 0.3) is 5.91 Å². The minimum Gasteiger partial charge on any atom is -0.497 e. The standard InChI is InChI=1S/C18H13Cl2N3O3S2/c1-26-12-5-2-10(3-6-12)8-15-16(24)23(18(27)28-15)22-17(25)21-11-4-7-13(19)14(20)9-11/h2-9H,1H3,(H2,21,22,25)/b15-8-. The maximum Gasteiger partial charge on any atom is 0.338 e. The normalized spacial score (nSPS) is 15.1. The molecule has 1 aliphatic heterocycles. The number of hydrogen-bond donors (Lipinski definition) is 2. The van der Waals surface area contributed by atoms with Crippen LogP contribution in [0.25, 0.3) is 6.08 Å². The molecule has 2 aromatic rings. The molecule has 28 heavy (non-hydrogen) atoms. The lowest BCUT2D eigenvalue weighted by atomic mass is 10.2. The fraction of sp³-hybridized carbons (Fsp3) is 0.0556. The molecule has 0 radical (unpaired) electrons. The quantitative estimate of drug-likeness (QED) is 0.506. The Kier molecular flexibility index (Phi) is 6.46. The van der Waals surface area contributed by atoms with Crippen LogP contribution in [-0.4, -0.2) is 28.4 Å². The third-order valence-electron chi connectivity index (χ3n) is 3.60. The molecule has 0 unspecified atom stereocenters. The van der Waals surface area contributed by atoms with Crippen LogP contribution in [0.4, 0.5) is 10.5 Å². The first kappa shape index (κ1) is 20.5. The molecule has 1 fully saturated rings. The lowest BCUT2D eigenvalue weighted by molar-refractivity contribution is -0.123. The van der Waals surface area contributed by atoms with Crippen molar-refractivity contribution in [3.05, 3.63) is 63.0 Å². The average molecular weight is 454 g/mol. The molecule has 2 N–H and O–H groups in total. The number of methoxy groups -OCH3 is 1. The number of thioether (sulfide) groups is 1. The van der Waals surface area contributed by atoms with Crippen LogP contribution in [0.2, 0.25) is 10.0 Å². The number of halogens is 2. The molecule has 0 saturated carbocycles. The van der Waals surface area contributed by atoms with E-state index in [4.69, 9.17) is 40.2 Å². The van der Waals surface area contributed by atoms with Gasteiger partial charge in [-0.05, 0) is 54.2 Å². The summed E-state index contributed by atoms with van der Waals surface area (Å²) in [5, 5.41) is 4.25. The van der Waals surface area contributed by atoms with Crippen molar-refractivity contribution in [3.8, 4) is 5.75 Å². The summed E-state index contributed by atoms with van der Waals surface area (Å²) in [6.45, 7) is 0. The largest absolute Gasteiger partial charge is 0.497 e. The number of rotatable bonds is 4. The lowest BCUT2D eigenvalue weighted by Crippen LogP contribution is -2.46. The number of nitrogens with one attached hydrogen (secondary N) is 2. The number of anilines is 1. The minimum absolute atomic E-state index is 0.217. The van der Waals surface area contributed by atoms with Gasteiger partial charge >= 0.3 is 6.03 Å². The third kappa shape index (κ3) is 4.77. The highest BCUT2D eigenvalue weighted by Crippen LogP contribution is 2.31. The topological polar surface area (TPSA) is 70.7 Å². The van der Waals surface area contributed by atoms with Crippen molar-refractivity contribution >= 4 is 75.2 Å². The van der Waals surface area contributed by atoms with Gasteiger partial charge in [0, 0.05) is 5.69 Å². The Labute approximate surface area is 180 Å². The molecular formula is C18H13Cl2N3O3S2. The Morgan fingerprint density at radius 3 is 2.54 bits per heavy atom. The van der Waals surface area contributed by atoms with Crippen LogP contribution in [0.15, 0.2) is 47.4 Å². The highest BCUT2D eigenvalue weighted by atomic mass is 35.5. The molecule has 0 bridgehead atoms. The van der Waals surface area contributed by atoms with E-state index in [0.717, 1.165) is 22.3 Å². The lowest BCUT2D eigenvalue weighted by Gasteiger charge is -2.16. The van der Waals surface area contributed by atoms with Gasteiger partial charge in [0.1, 0.15) is 5.75 Å². The van der Waals surface area contributed by atoms with E-state index in [1.807, 2.05) is 12.1 Å². The van der Waals surface area contributed by atoms with E-state index in [2.05, 4.69) is 10.7 Å². The van der Waals surface area contributed by atoms with Gasteiger partial charge in [-0.15, -0.1) is 0 Å². The van der Waals surface area contributed by atoms with Gasteiger partial charge < -0.3 is 10.1 Å². The van der Waals surface area contributed by atoms with Crippen LogP contribution in [-0.2, 0) is 4.79 Å². The van der Waals surface area contributed by atoms with Crippen molar-refractivity contribution in [2.24, 2.45) is 0 Å². The summed E-state index contributed by atoms with van der Waals surface area (Å²) in [7, 11) is 1.58. The van der Waals surface area contributed by atoms with E-state index in [1.165, 1.54) is 6.07 Å². The number of nitrogens with zero attached hydrogens (tertiary/aromatic N) is 1. The number of carbonyl (C=O) groups is 2. The second kappa shape index (κ2) is 8.83. The maximum atomic E-state index is 12.6. The molecule has 6 nitrogen and oxygen atoms in total. The van der Waals surface area contributed by atoms with E-state index in [-0.39, 0.29) is 4.32 Å². The zero-order chi connectivity index (χ0) is 20.3. The summed E-state index contributed by atoms with van der Waals surface area (Å²) in [5.41, 5.74) is 3.66. The monoisotopic (exact) mass is 453 g/mol. The van der Waals surface area contributed by atoms with Gasteiger partial charge in [0.15, 0.2) is 4.32 Å². The van der Waals surface area contributed by atoms with Crippen molar-refractivity contribution in [2.45, 2.75) is 0 Å². The fourth-order valence-electron chi connectivity index (χ4n) is 2.25. The number of thiocarbonyl (C=S) groups is 1. The molecule has 1 aliphatic rings. The van der Waals surface area contributed by atoms with Crippen molar-refractivity contribution in [2.75, 3.05) is 12.4 Å². The second-order valence-electron chi connectivity index (χ2n) is 5.49. The molecule has 10 heteroatoms. The van der Waals surface area contributed by atoms with Crippen LogP contribution < -0.4 is 15.5 Å². The Balaban J connectivity index is 1.68. The van der Waals surface area contributed by atoms with Crippen molar-refractivity contribution in [1.82, 2.24) is 10.4 Å². The van der Waals surface area contributed by atoms with Gasteiger partial charge in [-0.1, -0.05) is 47.1 Å². The average Bonchev–Trinajstić information content (AvgIpc) is 2.93. The van der Waals surface area contributed by atoms with Crippen LogP contribution in [0.3, 0.4) is 0 Å². The van der Waals surface area contributed by atoms with Crippen molar-refractivity contribution in [3.63, 3.8) is 0 Å². The second-order valence-corrected chi connectivity index (χ2v) is 7.98. The Morgan fingerprint density at radius 2 is 1.89 bits per heavy atom. The summed E-state index contributed by atoms with van der Waals surface area (Å²) < 4.78 is 5.33. The Hall–Kier alpha value is -2.26. The maximum absolute atomic E-state index is 12.6. The van der Waals surface area contributed by atoms with Gasteiger partial charge in [-0.25, -0.2) is 10.2 Å². The molecule has 1 heterocycles. The Bertz CT molecular complexity index is 981.